The van der Waals surface area contributed by atoms with Gasteiger partial charge in [-0.15, -0.1) is 0 Å². The van der Waals surface area contributed by atoms with Crippen molar-refractivity contribution in [1.29, 1.82) is 0 Å². The van der Waals surface area contributed by atoms with Crippen molar-refractivity contribution in [2.75, 3.05) is 13.7 Å². The van der Waals surface area contributed by atoms with Gasteiger partial charge in [0.1, 0.15) is 11.6 Å². The van der Waals surface area contributed by atoms with Crippen LogP contribution in [-0.4, -0.2) is 23.6 Å². The molecule has 0 bridgehead atoms. The number of rotatable bonds is 6. The van der Waals surface area contributed by atoms with Crippen molar-refractivity contribution in [2.24, 2.45) is 5.92 Å². The van der Waals surface area contributed by atoms with Crippen molar-refractivity contribution in [2.45, 2.75) is 26.3 Å². The Morgan fingerprint density at radius 2 is 2.05 bits per heavy atom. The Morgan fingerprint density at radius 3 is 2.70 bits per heavy atom. The number of aryl methyl sites for hydroxylation is 1. The molecule has 3 rings (SSSR count). The Kier molecular flexibility index (Phi) is 3.74. The van der Waals surface area contributed by atoms with E-state index in [1.165, 1.54) is 12.8 Å². The van der Waals surface area contributed by atoms with Crippen LogP contribution in [0, 0.1) is 12.8 Å². The van der Waals surface area contributed by atoms with Gasteiger partial charge in [-0.3, -0.25) is 0 Å². The van der Waals surface area contributed by atoms with Gasteiger partial charge in [0.2, 0.25) is 0 Å². The molecule has 106 valence electrons. The first-order valence-corrected chi connectivity index (χ1v) is 7.17. The number of H-pyrrole nitrogens is 1. The third-order valence-corrected chi connectivity index (χ3v) is 3.72. The molecule has 20 heavy (non-hydrogen) atoms. The molecule has 0 saturated heterocycles. The second-order valence-corrected chi connectivity index (χ2v) is 5.46. The van der Waals surface area contributed by atoms with Gasteiger partial charge in [0.25, 0.3) is 0 Å². The van der Waals surface area contributed by atoms with E-state index in [9.17, 15) is 0 Å². The maximum absolute atomic E-state index is 5.18. The lowest BCUT2D eigenvalue weighted by atomic mass is 10.1. The Morgan fingerprint density at radius 1 is 1.30 bits per heavy atom. The first-order chi connectivity index (χ1) is 9.76. The monoisotopic (exact) mass is 271 g/mol. The minimum absolute atomic E-state index is 0.813. The van der Waals surface area contributed by atoms with Gasteiger partial charge >= 0.3 is 0 Å². The SMILES string of the molecule is COc1ccc(-c2nc(CNCC3CC3)[nH]c2C)cc1. The molecule has 4 heteroatoms. The average molecular weight is 271 g/mol. The first kappa shape index (κ1) is 13.2. The Balaban J connectivity index is 1.69. The van der Waals surface area contributed by atoms with Gasteiger partial charge in [-0.05, 0) is 56.5 Å². The molecular weight excluding hydrogens is 250 g/mol. The summed E-state index contributed by atoms with van der Waals surface area (Å²) in [5.74, 6) is 2.77. The molecule has 0 unspecified atom stereocenters. The summed E-state index contributed by atoms with van der Waals surface area (Å²) in [4.78, 5) is 8.05. The van der Waals surface area contributed by atoms with E-state index in [1.54, 1.807) is 7.11 Å². The van der Waals surface area contributed by atoms with Gasteiger partial charge in [-0.1, -0.05) is 0 Å². The fourth-order valence-corrected chi connectivity index (χ4v) is 2.35. The van der Waals surface area contributed by atoms with Crippen LogP contribution in [0.25, 0.3) is 11.3 Å². The van der Waals surface area contributed by atoms with Crippen LogP contribution >= 0.6 is 0 Å². The van der Waals surface area contributed by atoms with E-state index < -0.39 is 0 Å². The molecule has 4 nitrogen and oxygen atoms in total. The number of benzene rings is 1. The summed E-state index contributed by atoms with van der Waals surface area (Å²) in [6.07, 6.45) is 2.75. The normalized spacial score (nSPS) is 14.5. The number of ether oxygens (including phenoxy) is 1. The van der Waals surface area contributed by atoms with E-state index in [0.717, 1.165) is 47.5 Å². The fourth-order valence-electron chi connectivity index (χ4n) is 2.35. The lowest BCUT2D eigenvalue weighted by molar-refractivity contribution is 0.415. The molecule has 0 aliphatic heterocycles. The minimum Gasteiger partial charge on any atom is -0.497 e. The highest BCUT2D eigenvalue weighted by atomic mass is 16.5. The lowest BCUT2D eigenvalue weighted by Crippen LogP contribution is -2.16. The summed E-state index contributed by atoms with van der Waals surface area (Å²) < 4.78 is 5.18. The molecule has 1 aliphatic rings. The highest BCUT2D eigenvalue weighted by Gasteiger charge is 2.20. The van der Waals surface area contributed by atoms with Crippen molar-refractivity contribution in [3.63, 3.8) is 0 Å². The summed E-state index contributed by atoms with van der Waals surface area (Å²) in [5.41, 5.74) is 3.25. The van der Waals surface area contributed by atoms with E-state index in [2.05, 4.69) is 17.2 Å². The number of hydrogen-bond acceptors (Lipinski definition) is 3. The number of nitrogens with zero attached hydrogens (tertiary/aromatic N) is 1. The molecule has 2 N–H and O–H groups in total. The van der Waals surface area contributed by atoms with Gasteiger partial charge < -0.3 is 15.0 Å². The maximum Gasteiger partial charge on any atom is 0.121 e. The minimum atomic E-state index is 0.813. The molecule has 1 aromatic heterocycles. The van der Waals surface area contributed by atoms with E-state index in [-0.39, 0.29) is 0 Å². The quantitative estimate of drug-likeness (QED) is 0.849. The van der Waals surface area contributed by atoms with E-state index in [0.29, 0.717) is 0 Å². The standard InChI is InChI=1S/C16H21N3O/c1-11-16(13-5-7-14(20-2)8-6-13)19-15(18-11)10-17-9-12-3-4-12/h5-8,12,17H,3-4,9-10H2,1-2H3,(H,18,19). The van der Waals surface area contributed by atoms with Crippen LogP contribution < -0.4 is 10.1 Å². The second-order valence-electron chi connectivity index (χ2n) is 5.46. The number of aromatic amines is 1. The van der Waals surface area contributed by atoms with Crippen LogP contribution in [0.15, 0.2) is 24.3 Å². The lowest BCUT2D eigenvalue weighted by Gasteiger charge is -2.01. The largest absolute Gasteiger partial charge is 0.497 e. The zero-order chi connectivity index (χ0) is 13.9. The number of hydrogen-bond donors (Lipinski definition) is 2. The molecule has 0 atom stereocenters. The number of nitrogens with one attached hydrogen (secondary N) is 2. The molecule has 1 saturated carbocycles. The van der Waals surface area contributed by atoms with E-state index >= 15 is 0 Å². The van der Waals surface area contributed by atoms with Crippen molar-refractivity contribution in [3.05, 3.63) is 35.8 Å². The van der Waals surface area contributed by atoms with Gasteiger partial charge in [0.15, 0.2) is 0 Å². The van der Waals surface area contributed by atoms with Gasteiger partial charge in [-0.25, -0.2) is 4.98 Å². The molecule has 0 amide bonds. The highest BCUT2D eigenvalue weighted by molar-refractivity contribution is 5.62. The van der Waals surface area contributed by atoms with Crippen LogP contribution in [0.4, 0.5) is 0 Å². The molecule has 2 aromatic rings. The molecule has 1 fully saturated rings. The molecule has 1 aromatic carbocycles. The van der Waals surface area contributed by atoms with Gasteiger partial charge in [-0.2, -0.15) is 0 Å². The predicted molar refractivity (Wildman–Crippen MR) is 79.7 cm³/mol. The topological polar surface area (TPSA) is 49.9 Å². The summed E-state index contributed by atoms with van der Waals surface area (Å²) in [5, 5.41) is 3.46. The number of methoxy groups -OCH3 is 1. The molecule has 1 heterocycles. The van der Waals surface area contributed by atoms with Crippen LogP contribution in [-0.2, 0) is 6.54 Å². The molecule has 1 aliphatic carbocycles. The van der Waals surface area contributed by atoms with Crippen molar-refractivity contribution in [3.8, 4) is 17.0 Å². The third-order valence-electron chi connectivity index (χ3n) is 3.72. The van der Waals surface area contributed by atoms with Crippen LogP contribution in [0.2, 0.25) is 0 Å². The fraction of sp³-hybridized carbons (Fsp3) is 0.438. The Labute approximate surface area is 119 Å². The summed E-state index contributed by atoms with van der Waals surface area (Å²) in [7, 11) is 1.68. The average Bonchev–Trinajstić information content (AvgIpc) is 3.21. The van der Waals surface area contributed by atoms with Gasteiger partial charge in [0, 0.05) is 11.3 Å². The molecule has 0 spiro atoms. The zero-order valence-corrected chi connectivity index (χ0v) is 12.1. The number of imidazole rings is 1. The highest BCUT2D eigenvalue weighted by Crippen LogP contribution is 2.27. The number of aromatic nitrogens is 2. The van der Waals surface area contributed by atoms with E-state index in [1.807, 2.05) is 24.3 Å². The van der Waals surface area contributed by atoms with Crippen molar-refractivity contribution in [1.82, 2.24) is 15.3 Å². The maximum atomic E-state index is 5.18. The summed E-state index contributed by atoms with van der Waals surface area (Å²) in [6, 6.07) is 8.02. The van der Waals surface area contributed by atoms with Crippen LogP contribution in [0.3, 0.4) is 0 Å². The Bertz CT molecular complexity index is 570. The van der Waals surface area contributed by atoms with Crippen LogP contribution in [0.1, 0.15) is 24.4 Å². The zero-order valence-electron chi connectivity index (χ0n) is 12.1. The van der Waals surface area contributed by atoms with Crippen molar-refractivity contribution < 1.29 is 4.74 Å². The molecule has 0 radical (unpaired) electrons. The smallest absolute Gasteiger partial charge is 0.121 e. The van der Waals surface area contributed by atoms with Crippen LogP contribution in [0.5, 0.6) is 5.75 Å². The Hall–Kier alpha value is -1.81. The summed E-state index contributed by atoms with van der Waals surface area (Å²) in [6.45, 7) is 3.99. The summed E-state index contributed by atoms with van der Waals surface area (Å²) >= 11 is 0. The van der Waals surface area contributed by atoms with E-state index in [4.69, 9.17) is 9.72 Å². The van der Waals surface area contributed by atoms with Crippen molar-refractivity contribution >= 4 is 0 Å². The molecular formula is C16H21N3O. The predicted octanol–water partition coefficient (Wildman–Crippen LogP) is 2.89. The third kappa shape index (κ3) is 3.02. The first-order valence-electron chi connectivity index (χ1n) is 7.17. The van der Waals surface area contributed by atoms with Gasteiger partial charge in [0.05, 0.1) is 19.3 Å². The second kappa shape index (κ2) is 5.67.